The SMILES string of the molecule is CCOC(=O)C1CCN(C(=O)c2nnc(C(=O)Nc3ccc(F)cc3)s2)CC1. The Kier molecular flexibility index (Phi) is 6.30. The standard InChI is InChI=1S/C18H19FN4O4S/c1-2-27-18(26)11-7-9-23(10-8-11)17(25)16-22-21-15(28-16)14(24)20-13-5-3-12(19)4-6-13/h3-6,11H,2,7-10H2,1H3,(H,20,24). The number of nitrogens with one attached hydrogen (secondary N) is 1. The summed E-state index contributed by atoms with van der Waals surface area (Å²) in [6.45, 7) is 2.93. The highest BCUT2D eigenvalue weighted by atomic mass is 32.1. The maximum atomic E-state index is 12.9. The van der Waals surface area contributed by atoms with Gasteiger partial charge in [0.1, 0.15) is 5.82 Å². The van der Waals surface area contributed by atoms with Crippen molar-refractivity contribution in [3.05, 3.63) is 40.1 Å². The molecule has 1 aromatic carbocycles. The third-order valence-electron chi connectivity index (χ3n) is 4.31. The number of hydrogen-bond acceptors (Lipinski definition) is 7. The van der Waals surface area contributed by atoms with Crippen molar-refractivity contribution < 1.29 is 23.5 Å². The zero-order valence-electron chi connectivity index (χ0n) is 15.2. The van der Waals surface area contributed by atoms with E-state index in [0.717, 1.165) is 11.3 Å². The van der Waals surface area contributed by atoms with Crippen molar-refractivity contribution in [2.75, 3.05) is 25.0 Å². The number of carbonyl (C=O) groups is 3. The molecule has 0 unspecified atom stereocenters. The summed E-state index contributed by atoms with van der Waals surface area (Å²) in [5.41, 5.74) is 0.413. The van der Waals surface area contributed by atoms with Gasteiger partial charge in [0.15, 0.2) is 0 Å². The second-order valence-electron chi connectivity index (χ2n) is 6.19. The summed E-state index contributed by atoms with van der Waals surface area (Å²) in [5.74, 6) is -1.68. The number of amides is 2. The van der Waals surface area contributed by atoms with Gasteiger partial charge in [0.05, 0.1) is 12.5 Å². The monoisotopic (exact) mass is 406 g/mol. The molecule has 2 aromatic rings. The molecule has 0 aliphatic carbocycles. The first-order chi connectivity index (χ1) is 13.5. The van der Waals surface area contributed by atoms with Crippen LogP contribution in [0.2, 0.25) is 0 Å². The molecule has 0 bridgehead atoms. The van der Waals surface area contributed by atoms with Crippen LogP contribution < -0.4 is 5.32 Å². The highest BCUT2D eigenvalue weighted by Gasteiger charge is 2.30. The molecular formula is C18H19FN4O4S. The Labute approximate surface area is 164 Å². The number of nitrogens with zero attached hydrogens (tertiary/aromatic N) is 3. The summed E-state index contributed by atoms with van der Waals surface area (Å²) < 4.78 is 17.9. The van der Waals surface area contributed by atoms with E-state index in [1.807, 2.05) is 0 Å². The van der Waals surface area contributed by atoms with Gasteiger partial charge < -0.3 is 15.0 Å². The number of hydrogen-bond donors (Lipinski definition) is 1. The molecule has 0 radical (unpaired) electrons. The van der Waals surface area contributed by atoms with Gasteiger partial charge in [0.25, 0.3) is 11.8 Å². The molecule has 1 fully saturated rings. The van der Waals surface area contributed by atoms with Gasteiger partial charge in [0, 0.05) is 18.8 Å². The fourth-order valence-electron chi connectivity index (χ4n) is 2.83. The lowest BCUT2D eigenvalue weighted by Gasteiger charge is -2.30. The second kappa shape index (κ2) is 8.87. The first kappa shape index (κ1) is 19.9. The molecular weight excluding hydrogens is 387 g/mol. The molecule has 0 saturated carbocycles. The summed E-state index contributed by atoms with van der Waals surface area (Å²) in [4.78, 5) is 38.2. The van der Waals surface area contributed by atoms with Crippen LogP contribution in [0.15, 0.2) is 24.3 Å². The number of benzene rings is 1. The largest absolute Gasteiger partial charge is 0.466 e. The Morgan fingerprint density at radius 2 is 1.82 bits per heavy atom. The minimum atomic E-state index is -0.524. The quantitative estimate of drug-likeness (QED) is 0.765. The molecule has 1 saturated heterocycles. The number of esters is 1. The summed E-state index contributed by atoms with van der Waals surface area (Å²) >= 11 is 0.889. The number of piperidine rings is 1. The lowest BCUT2D eigenvalue weighted by molar-refractivity contribution is -0.149. The van der Waals surface area contributed by atoms with E-state index < -0.39 is 11.7 Å². The molecule has 10 heteroatoms. The summed E-state index contributed by atoms with van der Waals surface area (Å²) in [6, 6.07) is 5.30. The first-order valence-electron chi connectivity index (χ1n) is 8.84. The Morgan fingerprint density at radius 3 is 2.46 bits per heavy atom. The van der Waals surface area contributed by atoms with Gasteiger partial charge in [-0.3, -0.25) is 14.4 Å². The lowest BCUT2D eigenvalue weighted by atomic mass is 9.97. The number of halogens is 1. The van der Waals surface area contributed by atoms with Crippen molar-refractivity contribution in [2.24, 2.45) is 5.92 Å². The number of likely N-dealkylation sites (tertiary alicyclic amines) is 1. The maximum Gasteiger partial charge on any atom is 0.309 e. The molecule has 2 heterocycles. The summed E-state index contributed by atoms with van der Waals surface area (Å²) in [5, 5.41) is 10.3. The number of aromatic nitrogens is 2. The van der Waals surface area contributed by atoms with Crippen LogP contribution in [0.25, 0.3) is 0 Å². The Morgan fingerprint density at radius 1 is 1.18 bits per heavy atom. The molecule has 0 atom stereocenters. The van der Waals surface area contributed by atoms with Crippen LogP contribution in [-0.4, -0.2) is 52.6 Å². The summed E-state index contributed by atoms with van der Waals surface area (Å²) in [6.07, 6.45) is 1.06. The van der Waals surface area contributed by atoms with Crippen molar-refractivity contribution in [1.29, 1.82) is 0 Å². The van der Waals surface area contributed by atoms with Gasteiger partial charge in [-0.1, -0.05) is 11.3 Å². The second-order valence-corrected chi connectivity index (χ2v) is 7.17. The van der Waals surface area contributed by atoms with Crippen LogP contribution >= 0.6 is 11.3 Å². The normalized spacial score (nSPS) is 14.6. The number of rotatable bonds is 5. The number of carbonyl (C=O) groups excluding carboxylic acids is 3. The van der Waals surface area contributed by atoms with Gasteiger partial charge in [-0.2, -0.15) is 0 Å². The lowest BCUT2D eigenvalue weighted by Crippen LogP contribution is -2.40. The van der Waals surface area contributed by atoms with Crippen molar-refractivity contribution >= 4 is 34.8 Å². The molecule has 2 amide bonds. The molecule has 1 aliphatic rings. The van der Waals surface area contributed by atoms with E-state index in [9.17, 15) is 18.8 Å². The van der Waals surface area contributed by atoms with Crippen molar-refractivity contribution in [3.8, 4) is 0 Å². The Hall–Kier alpha value is -2.88. The van der Waals surface area contributed by atoms with Crippen molar-refractivity contribution in [2.45, 2.75) is 19.8 Å². The highest BCUT2D eigenvalue weighted by Crippen LogP contribution is 2.22. The van der Waals surface area contributed by atoms with E-state index in [1.54, 1.807) is 11.8 Å². The molecule has 148 valence electrons. The fraction of sp³-hybridized carbons (Fsp3) is 0.389. The van der Waals surface area contributed by atoms with Crippen LogP contribution in [0, 0.1) is 11.7 Å². The third kappa shape index (κ3) is 4.69. The predicted octanol–water partition coefficient (Wildman–Crippen LogP) is 2.34. The molecule has 3 rings (SSSR count). The number of anilines is 1. The average Bonchev–Trinajstić information content (AvgIpc) is 3.20. The van der Waals surface area contributed by atoms with Crippen molar-refractivity contribution in [3.63, 3.8) is 0 Å². The van der Waals surface area contributed by atoms with Crippen LogP contribution in [0.3, 0.4) is 0 Å². The topological polar surface area (TPSA) is 101 Å². The molecule has 1 aromatic heterocycles. The van der Waals surface area contributed by atoms with E-state index in [0.29, 0.717) is 38.2 Å². The Balaban J connectivity index is 1.57. The molecule has 1 aliphatic heterocycles. The molecule has 1 N–H and O–H groups in total. The molecule has 0 spiro atoms. The fourth-order valence-corrected chi connectivity index (χ4v) is 3.54. The van der Waals surface area contributed by atoms with Crippen LogP contribution in [0.1, 0.15) is 39.4 Å². The van der Waals surface area contributed by atoms with Gasteiger partial charge in [0.2, 0.25) is 10.0 Å². The van der Waals surface area contributed by atoms with Gasteiger partial charge in [-0.25, -0.2) is 4.39 Å². The van der Waals surface area contributed by atoms with Gasteiger partial charge in [-0.05, 0) is 44.0 Å². The zero-order valence-corrected chi connectivity index (χ0v) is 16.0. The number of ether oxygens (including phenoxy) is 1. The minimum absolute atomic E-state index is 0.0362. The predicted molar refractivity (Wildman–Crippen MR) is 99.5 cm³/mol. The van der Waals surface area contributed by atoms with E-state index in [1.165, 1.54) is 24.3 Å². The Bertz CT molecular complexity index is 863. The van der Waals surface area contributed by atoms with E-state index in [4.69, 9.17) is 4.74 Å². The minimum Gasteiger partial charge on any atom is -0.466 e. The van der Waals surface area contributed by atoms with Gasteiger partial charge >= 0.3 is 5.97 Å². The van der Waals surface area contributed by atoms with Gasteiger partial charge in [-0.15, -0.1) is 10.2 Å². The van der Waals surface area contributed by atoms with E-state index in [-0.39, 0.29) is 27.8 Å². The summed E-state index contributed by atoms with van der Waals surface area (Å²) in [7, 11) is 0. The zero-order chi connectivity index (χ0) is 20.1. The maximum absolute atomic E-state index is 12.9. The van der Waals surface area contributed by atoms with E-state index >= 15 is 0 Å². The molecule has 28 heavy (non-hydrogen) atoms. The average molecular weight is 406 g/mol. The molecule has 8 nitrogen and oxygen atoms in total. The third-order valence-corrected chi connectivity index (χ3v) is 5.22. The van der Waals surface area contributed by atoms with Crippen molar-refractivity contribution in [1.82, 2.24) is 15.1 Å². The highest BCUT2D eigenvalue weighted by molar-refractivity contribution is 7.15. The van der Waals surface area contributed by atoms with Crippen LogP contribution in [0.5, 0.6) is 0 Å². The smallest absolute Gasteiger partial charge is 0.309 e. The first-order valence-corrected chi connectivity index (χ1v) is 9.66. The van der Waals surface area contributed by atoms with Crippen LogP contribution in [-0.2, 0) is 9.53 Å². The van der Waals surface area contributed by atoms with E-state index in [2.05, 4.69) is 15.5 Å². The van der Waals surface area contributed by atoms with Crippen LogP contribution in [0.4, 0.5) is 10.1 Å².